The fourth-order valence-electron chi connectivity index (χ4n) is 1.89. The standard InChI is InChI=1S/C16H11BrF3N3O2/c17-13-7-2-1-6-12(13)15(24)23-22-14(9-21-25)10-4-3-5-11(8-10)16(18,19)20/h1-9,25H,(H,23,24). The molecule has 0 aromatic heterocycles. The SMILES string of the molecule is O=C(NN=C(C=NO)c1cccc(C(F)(F)F)c1)c1ccccc1Br. The van der Waals surface area contributed by atoms with Gasteiger partial charge < -0.3 is 5.21 Å². The fourth-order valence-corrected chi connectivity index (χ4v) is 2.36. The minimum Gasteiger partial charge on any atom is -0.411 e. The minimum atomic E-state index is -4.53. The maximum atomic E-state index is 12.8. The molecular formula is C16H11BrF3N3O2. The molecule has 2 aromatic rings. The van der Waals surface area contributed by atoms with Gasteiger partial charge in [0, 0.05) is 10.0 Å². The van der Waals surface area contributed by atoms with E-state index >= 15 is 0 Å². The topological polar surface area (TPSA) is 74.0 Å². The molecule has 0 aliphatic heterocycles. The van der Waals surface area contributed by atoms with E-state index in [2.05, 4.69) is 31.6 Å². The first-order chi connectivity index (χ1) is 11.8. The summed E-state index contributed by atoms with van der Waals surface area (Å²) >= 11 is 3.21. The van der Waals surface area contributed by atoms with Gasteiger partial charge in [-0.05, 0) is 40.2 Å². The predicted molar refractivity (Wildman–Crippen MR) is 89.9 cm³/mol. The van der Waals surface area contributed by atoms with Crippen molar-refractivity contribution in [1.82, 2.24) is 5.43 Å². The van der Waals surface area contributed by atoms with Crippen molar-refractivity contribution in [2.24, 2.45) is 10.3 Å². The maximum Gasteiger partial charge on any atom is 0.416 e. The number of benzene rings is 2. The van der Waals surface area contributed by atoms with Gasteiger partial charge >= 0.3 is 6.18 Å². The monoisotopic (exact) mass is 413 g/mol. The molecule has 0 radical (unpaired) electrons. The van der Waals surface area contributed by atoms with E-state index in [9.17, 15) is 18.0 Å². The Morgan fingerprint density at radius 3 is 2.52 bits per heavy atom. The first-order valence-corrected chi connectivity index (χ1v) is 7.60. The molecule has 0 heterocycles. The van der Waals surface area contributed by atoms with Crippen LogP contribution in [0.1, 0.15) is 21.5 Å². The van der Waals surface area contributed by atoms with Crippen molar-refractivity contribution in [3.8, 4) is 0 Å². The molecule has 0 saturated heterocycles. The van der Waals surface area contributed by atoms with Crippen LogP contribution in [-0.4, -0.2) is 23.0 Å². The molecule has 0 fully saturated rings. The third kappa shape index (κ3) is 4.90. The number of amides is 1. The van der Waals surface area contributed by atoms with Crippen LogP contribution >= 0.6 is 15.9 Å². The van der Waals surface area contributed by atoms with Gasteiger partial charge in [0.1, 0.15) is 5.71 Å². The average molecular weight is 414 g/mol. The summed E-state index contributed by atoms with van der Waals surface area (Å²) in [4.78, 5) is 12.1. The van der Waals surface area contributed by atoms with E-state index in [0.717, 1.165) is 18.3 Å². The Hall–Kier alpha value is -2.68. The Kier molecular flexibility index (Phi) is 5.92. The normalized spacial score (nSPS) is 12.4. The van der Waals surface area contributed by atoms with Gasteiger partial charge in [-0.25, -0.2) is 5.43 Å². The number of rotatable bonds is 4. The van der Waals surface area contributed by atoms with Crippen LogP contribution in [0.15, 0.2) is 63.3 Å². The highest BCUT2D eigenvalue weighted by Crippen LogP contribution is 2.29. The van der Waals surface area contributed by atoms with Crippen LogP contribution < -0.4 is 5.43 Å². The fraction of sp³-hybridized carbons (Fsp3) is 0.0625. The van der Waals surface area contributed by atoms with E-state index in [1.165, 1.54) is 12.1 Å². The second-order valence-electron chi connectivity index (χ2n) is 4.74. The number of halogens is 4. The zero-order valence-corrected chi connectivity index (χ0v) is 14.0. The van der Waals surface area contributed by atoms with Gasteiger partial charge in [-0.3, -0.25) is 4.79 Å². The van der Waals surface area contributed by atoms with E-state index in [1.54, 1.807) is 24.3 Å². The number of carbonyl (C=O) groups is 1. The minimum absolute atomic E-state index is 0.0278. The summed E-state index contributed by atoms with van der Waals surface area (Å²) in [6.07, 6.45) is -3.70. The maximum absolute atomic E-state index is 12.8. The largest absolute Gasteiger partial charge is 0.416 e. The van der Waals surface area contributed by atoms with Crippen LogP contribution in [0.2, 0.25) is 0 Å². The first kappa shape index (κ1) is 18.7. The van der Waals surface area contributed by atoms with Crippen molar-refractivity contribution in [3.05, 3.63) is 69.7 Å². The molecule has 130 valence electrons. The summed E-state index contributed by atoms with van der Waals surface area (Å²) in [5.41, 5.74) is 1.50. The van der Waals surface area contributed by atoms with Crippen molar-refractivity contribution in [1.29, 1.82) is 0 Å². The highest BCUT2D eigenvalue weighted by atomic mass is 79.9. The third-order valence-electron chi connectivity index (χ3n) is 3.06. The Labute approximate surface area is 149 Å². The summed E-state index contributed by atoms with van der Waals surface area (Å²) in [5, 5.41) is 15.2. The summed E-state index contributed by atoms with van der Waals surface area (Å²) < 4.78 is 38.9. The van der Waals surface area contributed by atoms with E-state index in [-0.39, 0.29) is 16.8 Å². The van der Waals surface area contributed by atoms with Crippen LogP contribution in [0.5, 0.6) is 0 Å². The molecule has 0 atom stereocenters. The Morgan fingerprint density at radius 2 is 1.88 bits per heavy atom. The number of carbonyl (C=O) groups excluding carboxylic acids is 1. The number of nitrogens with one attached hydrogen (secondary N) is 1. The first-order valence-electron chi connectivity index (χ1n) is 6.80. The van der Waals surface area contributed by atoms with E-state index < -0.39 is 17.6 Å². The lowest BCUT2D eigenvalue weighted by molar-refractivity contribution is -0.137. The van der Waals surface area contributed by atoms with Gasteiger partial charge in [-0.15, -0.1) is 0 Å². The van der Waals surface area contributed by atoms with Crippen LogP contribution in [-0.2, 0) is 6.18 Å². The molecule has 0 bridgehead atoms. The van der Waals surface area contributed by atoms with E-state index in [1.807, 2.05) is 0 Å². The summed E-state index contributed by atoms with van der Waals surface area (Å²) in [6, 6.07) is 10.8. The zero-order valence-electron chi connectivity index (χ0n) is 12.5. The third-order valence-corrected chi connectivity index (χ3v) is 3.75. The number of nitrogens with zero attached hydrogens (tertiary/aromatic N) is 2. The molecule has 0 aliphatic carbocycles. The number of oxime groups is 1. The predicted octanol–water partition coefficient (Wildman–Crippen LogP) is 4.06. The molecule has 0 aliphatic rings. The number of hydrogen-bond acceptors (Lipinski definition) is 4. The van der Waals surface area contributed by atoms with Gasteiger partial charge in [0.25, 0.3) is 5.91 Å². The molecule has 5 nitrogen and oxygen atoms in total. The lowest BCUT2D eigenvalue weighted by atomic mass is 10.1. The molecule has 2 rings (SSSR count). The van der Waals surface area contributed by atoms with Crippen LogP contribution in [0.3, 0.4) is 0 Å². The van der Waals surface area contributed by atoms with Crippen molar-refractivity contribution in [3.63, 3.8) is 0 Å². The van der Waals surface area contributed by atoms with Gasteiger partial charge in [0.15, 0.2) is 0 Å². The van der Waals surface area contributed by atoms with Crippen LogP contribution in [0, 0.1) is 0 Å². The molecule has 0 unspecified atom stereocenters. The van der Waals surface area contributed by atoms with Crippen LogP contribution in [0.25, 0.3) is 0 Å². The number of alkyl halides is 3. The number of hydrogen-bond donors (Lipinski definition) is 2. The Balaban J connectivity index is 2.31. The van der Waals surface area contributed by atoms with Gasteiger partial charge in [0.05, 0.1) is 17.3 Å². The molecule has 25 heavy (non-hydrogen) atoms. The van der Waals surface area contributed by atoms with Crippen molar-refractivity contribution in [2.75, 3.05) is 0 Å². The number of hydrazone groups is 1. The van der Waals surface area contributed by atoms with E-state index in [0.29, 0.717) is 4.47 Å². The van der Waals surface area contributed by atoms with Crippen molar-refractivity contribution < 1.29 is 23.2 Å². The smallest absolute Gasteiger partial charge is 0.411 e. The molecule has 0 spiro atoms. The summed E-state index contributed by atoms with van der Waals surface area (Å²) in [6.45, 7) is 0. The second-order valence-corrected chi connectivity index (χ2v) is 5.60. The highest BCUT2D eigenvalue weighted by Gasteiger charge is 2.30. The van der Waals surface area contributed by atoms with E-state index in [4.69, 9.17) is 5.21 Å². The van der Waals surface area contributed by atoms with Gasteiger partial charge in [0.2, 0.25) is 0 Å². The van der Waals surface area contributed by atoms with Crippen molar-refractivity contribution in [2.45, 2.75) is 6.18 Å². The molecular weight excluding hydrogens is 403 g/mol. The van der Waals surface area contributed by atoms with Gasteiger partial charge in [-0.2, -0.15) is 18.3 Å². The molecule has 2 N–H and O–H groups in total. The molecule has 0 saturated carbocycles. The quantitative estimate of drug-likeness (QED) is 0.450. The summed E-state index contributed by atoms with van der Waals surface area (Å²) in [5.74, 6) is -0.580. The second kappa shape index (κ2) is 7.93. The zero-order chi connectivity index (χ0) is 18.4. The summed E-state index contributed by atoms with van der Waals surface area (Å²) in [7, 11) is 0. The van der Waals surface area contributed by atoms with Crippen LogP contribution in [0.4, 0.5) is 13.2 Å². The lowest BCUT2D eigenvalue weighted by Crippen LogP contribution is -2.21. The molecule has 1 amide bonds. The Morgan fingerprint density at radius 1 is 1.16 bits per heavy atom. The highest BCUT2D eigenvalue weighted by molar-refractivity contribution is 9.10. The molecule has 9 heteroatoms. The van der Waals surface area contributed by atoms with Gasteiger partial charge in [-0.1, -0.05) is 29.4 Å². The molecule has 2 aromatic carbocycles. The van der Waals surface area contributed by atoms with Crippen molar-refractivity contribution >= 4 is 33.8 Å². The Bertz CT molecular complexity index is 835. The average Bonchev–Trinajstić information content (AvgIpc) is 2.58. The lowest BCUT2D eigenvalue weighted by Gasteiger charge is -2.09.